The largest absolute Gasteiger partial charge is 0.481 e. The van der Waals surface area contributed by atoms with Crippen LogP contribution >= 0.6 is 0 Å². The van der Waals surface area contributed by atoms with Gasteiger partial charge in [-0.3, -0.25) is 4.79 Å². The molecule has 0 heterocycles. The van der Waals surface area contributed by atoms with Gasteiger partial charge in [-0.15, -0.1) is 0 Å². The topological polar surface area (TPSA) is 101 Å². The van der Waals surface area contributed by atoms with Gasteiger partial charge in [-0.1, -0.05) is 25.8 Å². The molecule has 0 aliphatic heterocycles. The first-order valence-corrected chi connectivity index (χ1v) is 4.38. The van der Waals surface area contributed by atoms with Crippen LogP contribution in [0.4, 0.5) is 0 Å². The highest BCUT2D eigenvalue weighted by atomic mass is 16.5. The van der Waals surface area contributed by atoms with Crippen molar-refractivity contribution in [2.24, 2.45) is 0 Å². The zero-order chi connectivity index (χ0) is 13.8. The van der Waals surface area contributed by atoms with Gasteiger partial charge in [0.25, 0.3) is 0 Å². The van der Waals surface area contributed by atoms with Crippen LogP contribution in [0.2, 0.25) is 0 Å². The zero-order valence-corrected chi connectivity index (χ0v) is 9.22. The molecule has 94 valence electrons. The Morgan fingerprint density at radius 1 is 1.18 bits per heavy atom. The van der Waals surface area contributed by atoms with Crippen LogP contribution in [0.15, 0.2) is 37.5 Å². The molecule has 0 aromatic carbocycles. The first kappa shape index (κ1) is 17.0. The van der Waals surface area contributed by atoms with Crippen LogP contribution in [0.25, 0.3) is 0 Å². The Balaban J connectivity index is 0. The highest BCUT2D eigenvalue weighted by Gasteiger charge is 2.07. The van der Waals surface area contributed by atoms with Crippen LogP contribution < -0.4 is 0 Å². The summed E-state index contributed by atoms with van der Waals surface area (Å²) in [7, 11) is 0. The summed E-state index contributed by atoms with van der Waals surface area (Å²) in [6.07, 6.45) is 2.11. The maximum atomic E-state index is 10.2. The SMILES string of the molecule is C=C(CC(=O)O)C(=O)O.C=CCOC(=O)C=C. The molecule has 0 radical (unpaired) electrons. The third-order valence-electron chi connectivity index (χ3n) is 1.18. The molecule has 0 rings (SSSR count). The van der Waals surface area contributed by atoms with Crippen molar-refractivity contribution in [1.29, 1.82) is 0 Å². The van der Waals surface area contributed by atoms with Gasteiger partial charge in [0.2, 0.25) is 0 Å². The summed E-state index contributed by atoms with van der Waals surface area (Å²) in [4.78, 5) is 29.8. The summed E-state index contributed by atoms with van der Waals surface area (Å²) in [6, 6.07) is 0. The Labute approximate surface area is 98.5 Å². The van der Waals surface area contributed by atoms with Crippen molar-refractivity contribution in [3.05, 3.63) is 37.5 Å². The molecule has 0 fully saturated rings. The lowest BCUT2D eigenvalue weighted by Gasteiger charge is -1.92. The summed E-state index contributed by atoms with van der Waals surface area (Å²) in [5, 5.41) is 16.1. The fraction of sp³-hybridized carbons (Fsp3) is 0.182. The molecule has 2 N–H and O–H groups in total. The lowest BCUT2D eigenvalue weighted by atomic mass is 10.2. The summed E-state index contributed by atoms with van der Waals surface area (Å²) < 4.78 is 4.47. The number of aliphatic carboxylic acids is 2. The number of carboxylic acids is 2. The molecule has 0 unspecified atom stereocenters. The number of esters is 1. The Morgan fingerprint density at radius 3 is 1.94 bits per heavy atom. The van der Waals surface area contributed by atoms with Crippen LogP contribution in [-0.2, 0) is 19.1 Å². The molecule has 0 atom stereocenters. The first-order valence-electron chi connectivity index (χ1n) is 4.38. The molecule has 0 aliphatic carbocycles. The van der Waals surface area contributed by atoms with Gasteiger partial charge < -0.3 is 14.9 Å². The number of hydrogen-bond donors (Lipinski definition) is 2. The lowest BCUT2D eigenvalue weighted by molar-refractivity contribution is -0.139. The van der Waals surface area contributed by atoms with E-state index in [2.05, 4.69) is 24.5 Å². The molecule has 0 aromatic rings. The molecule has 0 bridgehead atoms. The molecule has 0 saturated carbocycles. The van der Waals surface area contributed by atoms with E-state index in [0.717, 1.165) is 6.08 Å². The highest BCUT2D eigenvalue weighted by molar-refractivity contribution is 5.91. The van der Waals surface area contributed by atoms with Crippen LogP contribution in [0.3, 0.4) is 0 Å². The number of carboxylic acid groups (broad SMARTS) is 2. The van der Waals surface area contributed by atoms with E-state index >= 15 is 0 Å². The third kappa shape index (κ3) is 13.6. The van der Waals surface area contributed by atoms with E-state index in [-0.39, 0.29) is 12.2 Å². The average Bonchev–Trinajstić information content (AvgIpc) is 2.25. The maximum absolute atomic E-state index is 10.2. The quantitative estimate of drug-likeness (QED) is 0.409. The number of carbonyl (C=O) groups excluding carboxylic acids is 1. The van der Waals surface area contributed by atoms with Gasteiger partial charge in [0.15, 0.2) is 0 Å². The second-order valence-corrected chi connectivity index (χ2v) is 2.60. The zero-order valence-electron chi connectivity index (χ0n) is 9.22. The standard InChI is InChI=1S/C6H8O2.C5H6O4/c1-3-5-8-6(7)4-2;1-3(5(8)9)2-4(6)7/h3-4H,1-2,5H2;1-2H2,(H,6,7)(H,8,9). The summed E-state index contributed by atoms with van der Waals surface area (Å²) in [5.74, 6) is -2.86. The molecule has 0 aromatic heterocycles. The molecule has 6 heteroatoms. The predicted molar refractivity (Wildman–Crippen MR) is 60.4 cm³/mol. The average molecular weight is 242 g/mol. The van der Waals surface area contributed by atoms with Crippen LogP contribution in [0.1, 0.15) is 6.42 Å². The van der Waals surface area contributed by atoms with Crippen molar-refractivity contribution < 1.29 is 29.3 Å². The van der Waals surface area contributed by atoms with E-state index in [1.54, 1.807) is 0 Å². The van der Waals surface area contributed by atoms with Gasteiger partial charge in [-0.2, -0.15) is 0 Å². The van der Waals surface area contributed by atoms with E-state index in [9.17, 15) is 14.4 Å². The van der Waals surface area contributed by atoms with Crippen molar-refractivity contribution in [2.45, 2.75) is 6.42 Å². The molecule has 17 heavy (non-hydrogen) atoms. The molecule has 0 saturated heterocycles. The normalized spacial score (nSPS) is 8.00. The first-order chi connectivity index (χ1) is 7.84. The van der Waals surface area contributed by atoms with E-state index < -0.39 is 24.3 Å². The van der Waals surface area contributed by atoms with Crippen LogP contribution in [0.5, 0.6) is 0 Å². The number of rotatable bonds is 6. The third-order valence-corrected chi connectivity index (χ3v) is 1.18. The number of ether oxygens (including phenoxy) is 1. The molecular weight excluding hydrogens is 228 g/mol. The van der Waals surface area contributed by atoms with Gasteiger partial charge in [-0.05, 0) is 0 Å². The smallest absolute Gasteiger partial charge is 0.331 e. The number of carbonyl (C=O) groups is 3. The van der Waals surface area contributed by atoms with E-state index in [0.29, 0.717) is 0 Å². The molecule has 0 aliphatic rings. The molecule has 6 nitrogen and oxygen atoms in total. The second-order valence-electron chi connectivity index (χ2n) is 2.60. The Morgan fingerprint density at radius 2 is 1.71 bits per heavy atom. The lowest BCUT2D eigenvalue weighted by Crippen LogP contribution is -2.04. The Hall–Kier alpha value is -2.37. The van der Waals surface area contributed by atoms with E-state index in [1.165, 1.54) is 6.08 Å². The van der Waals surface area contributed by atoms with Crippen LogP contribution in [0, 0.1) is 0 Å². The van der Waals surface area contributed by atoms with Crippen molar-refractivity contribution in [3.8, 4) is 0 Å². The van der Waals surface area contributed by atoms with Gasteiger partial charge >= 0.3 is 17.9 Å². The van der Waals surface area contributed by atoms with Gasteiger partial charge in [0, 0.05) is 11.6 Å². The van der Waals surface area contributed by atoms with E-state index in [1.807, 2.05) is 0 Å². The number of hydrogen-bond acceptors (Lipinski definition) is 4. The Kier molecular flexibility index (Phi) is 10.2. The minimum Gasteiger partial charge on any atom is -0.481 e. The molecule has 0 amide bonds. The Bertz CT molecular complexity index is 329. The van der Waals surface area contributed by atoms with Crippen molar-refractivity contribution >= 4 is 17.9 Å². The van der Waals surface area contributed by atoms with E-state index in [4.69, 9.17) is 10.2 Å². The molecule has 0 spiro atoms. The predicted octanol–water partition coefficient (Wildman–Crippen LogP) is 1.00. The summed E-state index contributed by atoms with van der Waals surface area (Å²) in [5.41, 5.74) is -0.303. The minimum absolute atomic E-state index is 0.255. The highest BCUT2D eigenvalue weighted by Crippen LogP contribution is 1.95. The second kappa shape index (κ2) is 10.2. The minimum atomic E-state index is -1.27. The summed E-state index contributed by atoms with van der Waals surface area (Å²) >= 11 is 0. The van der Waals surface area contributed by atoms with Gasteiger partial charge in [0.1, 0.15) is 6.61 Å². The van der Waals surface area contributed by atoms with Gasteiger partial charge in [0.05, 0.1) is 6.42 Å². The van der Waals surface area contributed by atoms with Crippen molar-refractivity contribution in [3.63, 3.8) is 0 Å². The fourth-order valence-electron chi connectivity index (χ4n) is 0.458. The summed E-state index contributed by atoms with van der Waals surface area (Å²) in [6.45, 7) is 9.83. The molecular formula is C11H14O6. The monoisotopic (exact) mass is 242 g/mol. The fourth-order valence-corrected chi connectivity index (χ4v) is 0.458. The maximum Gasteiger partial charge on any atom is 0.331 e. The van der Waals surface area contributed by atoms with Gasteiger partial charge in [-0.25, -0.2) is 9.59 Å². The van der Waals surface area contributed by atoms with Crippen molar-refractivity contribution in [2.75, 3.05) is 6.61 Å². The van der Waals surface area contributed by atoms with Crippen LogP contribution in [-0.4, -0.2) is 34.7 Å². The van der Waals surface area contributed by atoms with Crippen molar-refractivity contribution in [1.82, 2.24) is 0 Å².